The van der Waals surface area contributed by atoms with Crippen molar-refractivity contribution in [1.29, 1.82) is 0 Å². The van der Waals surface area contributed by atoms with Gasteiger partial charge in [0.05, 0.1) is 11.2 Å². The average Bonchev–Trinajstić information content (AvgIpc) is 3.57. The Morgan fingerprint density at radius 3 is 1.91 bits per heavy atom. The second-order valence-electron chi connectivity index (χ2n) is 13.5. The molecule has 1 fully saturated rings. The van der Waals surface area contributed by atoms with Crippen molar-refractivity contribution in [3.63, 3.8) is 0 Å². The summed E-state index contributed by atoms with van der Waals surface area (Å²) in [5.74, 6) is 0.289. The highest BCUT2D eigenvalue weighted by Crippen LogP contribution is 2.43. The highest BCUT2D eigenvalue weighted by molar-refractivity contribution is 6.66. The molecule has 3 nitrogen and oxygen atoms in total. The summed E-state index contributed by atoms with van der Waals surface area (Å²) in [7, 11) is -0.471. The molecular formula is C42H37BO3. The Kier molecular flexibility index (Phi) is 6.90. The summed E-state index contributed by atoms with van der Waals surface area (Å²) in [4.78, 5) is 0. The van der Waals surface area contributed by atoms with Crippen LogP contribution >= 0.6 is 0 Å². The first-order valence-electron chi connectivity index (χ1n) is 16.2. The van der Waals surface area contributed by atoms with Gasteiger partial charge in [0.1, 0.15) is 11.2 Å². The monoisotopic (exact) mass is 600 g/mol. The van der Waals surface area contributed by atoms with Gasteiger partial charge in [0.25, 0.3) is 0 Å². The Balaban J connectivity index is 1.19. The molecular weight excluding hydrogens is 563 g/mol. The van der Waals surface area contributed by atoms with Gasteiger partial charge in [0.2, 0.25) is 0 Å². The largest absolute Gasteiger partial charge is 0.495 e. The van der Waals surface area contributed by atoms with E-state index in [0.29, 0.717) is 0 Å². The van der Waals surface area contributed by atoms with E-state index in [1.54, 1.807) is 0 Å². The molecule has 0 radical (unpaired) electrons. The van der Waals surface area contributed by atoms with Gasteiger partial charge in [-0.25, -0.2) is 0 Å². The predicted molar refractivity (Wildman–Crippen MR) is 191 cm³/mol. The van der Waals surface area contributed by atoms with Crippen LogP contribution < -0.4 is 5.46 Å². The normalized spacial score (nSPS) is 19.0. The maximum Gasteiger partial charge on any atom is 0.495 e. The van der Waals surface area contributed by atoms with Crippen molar-refractivity contribution in [1.82, 2.24) is 0 Å². The molecule has 0 saturated carbocycles. The van der Waals surface area contributed by atoms with Crippen LogP contribution in [0.2, 0.25) is 0 Å². The molecule has 1 aliphatic carbocycles. The van der Waals surface area contributed by atoms with Crippen LogP contribution in [0.25, 0.3) is 44.2 Å². The topological polar surface area (TPSA) is 31.6 Å². The van der Waals surface area contributed by atoms with Crippen LogP contribution in [0.1, 0.15) is 56.7 Å². The molecule has 0 N–H and O–H groups in total. The molecule has 0 spiro atoms. The van der Waals surface area contributed by atoms with Gasteiger partial charge in [-0.05, 0) is 96.7 Å². The number of benzene rings is 5. The molecule has 2 heterocycles. The summed E-state index contributed by atoms with van der Waals surface area (Å²) < 4.78 is 19.4. The third-order valence-electron chi connectivity index (χ3n) is 10.1. The lowest BCUT2D eigenvalue weighted by molar-refractivity contribution is 0.00578. The van der Waals surface area contributed by atoms with E-state index < -0.39 is 18.3 Å². The van der Waals surface area contributed by atoms with E-state index in [9.17, 15) is 0 Å². The van der Waals surface area contributed by atoms with Crippen LogP contribution in [-0.2, 0) is 9.31 Å². The highest BCUT2D eigenvalue weighted by atomic mass is 16.7. The second-order valence-corrected chi connectivity index (χ2v) is 13.5. The van der Waals surface area contributed by atoms with Crippen LogP contribution in [-0.4, -0.2) is 18.3 Å². The molecule has 0 bridgehead atoms. The van der Waals surface area contributed by atoms with Gasteiger partial charge in [-0.3, -0.25) is 0 Å². The fourth-order valence-electron chi connectivity index (χ4n) is 6.83. The molecule has 4 heteroatoms. The van der Waals surface area contributed by atoms with E-state index in [-0.39, 0.29) is 5.92 Å². The van der Waals surface area contributed by atoms with Gasteiger partial charge in [0, 0.05) is 16.7 Å². The van der Waals surface area contributed by atoms with E-state index in [1.807, 2.05) is 12.1 Å². The third-order valence-corrected chi connectivity index (χ3v) is 10.1. The highest BCUT2D eigenvalue weighted by Gasteiger charge is 2.52. The van der Waals surface area contributed by atoms with Crippen LogP contribution in [0, 0.1) is 0 Å². The smallest absolute Gasteiger partial charge is 0.456 e. The summed E-state index contributed by atoms with van der Waals surface area (Å²) in [5, 5.41) is 2.13. The zero-order chi connectivity index (χ0) is 31.5. The van der Waals surface area contributed by atoms with E-state index in [2.05, 4.69) is 149 Å². The van der Waals surface area contributed by atoms with Crippen LogP contribution in [0.4, 0.5) is 0 Å². The van der Waals surface area contributed by atoms with Gasteiger partial charge < -0.3 is 13.7 Å². The van der Waals surface area contributed by atoms with Gasteiger partial charge in [-0.1, -0.05) is 115 Å². The first-order chi connectivity index (χ1) is 22.3. The molecule has 1 unspecified atom stereocenters. The summed E-state index contributed by atoms with van der Waals surface area (Å²) in [6.07, 6.45) is 5.80. The molecule has 1 atom stereocenters. The zero-order valence-corrected chi connectivity index (χ0v) is 26.8. The molecule has 0 amide bonds. The molecule has 46 heavy (non-hydrogen) atoms. The zero-order valence-electron chi connectivity index (χ0n) is 26.8. The molecule has 1 aliphatic heterocycles. The van der Waals surface area contributed by atoms with Crippen LogP contribution in [0.3, 0.4) is 0 Å². The Hall–Kier alpha value is -4.64. The Labute approximate surface area is 271 Å². The summed E-state index contributed by atoms with van der Waals surface area (Å²) in [6.45, 7) is 8.38. The number of rotatable bonds is 5. The van der Waals surface area contributed by atoms with Crippen molar-refractivity contribution in [2.75, 3.05) is 0 Å². The van der Waals surface area contributed by atoms with E-state index in [0.717, 1.165) is 33.8 Å². The molecule has 6 aromatic rings. The van der Waals surface area contributed by atoms with Gasteiger partial charge in [-0.15, -0.1) is 0 Å². The number of fused-ring (bicyclic) bond motifs is 3. The fraction of sp³-hybridized carbons (Fsp3) is 0.190. The molecule has 1 saturated heterocycles. The van der Waals surface area contributed by atoms with Crippen molar-refractivity contribution in [3.05, 3.63) is 150 Å². The molecule has 5 aromatic carbocycles. The van der Waals surface area contributed by atoms with Crippen molar-refractivity contribution in [2.24, 2.45) is 0 Å². The van der Waals surface area contributed by atoms with Crippen molar-refractivity contribution < 1.29 is 13.7 Å². The minimum Gasteiger partial charge on any atom is -0.456 e. The minimum absolute atomic E-state index is 0.289. The number of hydrogen-bond donors (Lipinski definition) is 0. The van der Waals surface area contributed by atoms with Crippen molar-refractivity contribution >= 4 is 45.7 Å². The first kappa shape index (κ1) is 28.8. The fourth-order valence-corrected chi connectivity index (χ4v) is 6.83. The Bertz CT molecular complexity index is 2100. The molecule has 8 rings (SSSR count). The molecule has 2 aliphatic rings. The summed E-state index contributed by atoms with van der Waals surface area (Å²) in [5.41, 5.74) is 10.5. The standard InChI is InChI=1S/C42H37BO3/c1-41(2)42(3,4)46-43(45-41)37-16-11-17-39-40(37)36-27-33(23-25-38(36)44-39)34-24-22-32(26-35(34)31-14-9-6-10-15-31)30-20-18-29(19-21-30)28-12-7-5-8-13-28/h5-21,23-27,32H,22H2,1-4H3. The third kappa shape index (κ3) is 4.93. The van der Waals surface area contributed by atoms with Gasteiger partial charge >= 0.3 is 7.12 Å². The average molecular weight is 601 g/mol. The molecule has 226 valence electrons. The van der Waals surface area contributed by atoms with Crippen molar-refractivity contribution in [2.45, 2.75) is 51.2 Å². The predicted octanol–water partition coefficient (Wildman–Crippen LogP) is 10.2. The van der Waals surface area contributed by atoms with Gasteiger partial charge in [-0.2, -0.15) is 0 Å². The lowest BCUT2D eigenvalue weighted by Gasteiger charge is -2.32. The van der Waals surface area contributed by atoms with Crippen LogP contribution in [0.15, 0.2) is 138 Å². The van der Waals surface area contributed by atoms with Crippen molar-refractivity contribution in [3.8, 4) is 11.1 Å². The van der Waals surface area contributed by atoms with Gasteiger partial charge in [0.15, 0.2) is 0 Å². The first-order valence-corrected chi connectivity index (χ1v) is 16.2. The maximum absolute atomic E-state index is 6.50. The number of furan rings is 1. The quantitative estimate of drug-likeness (QED) is 0.185. The van der Waals surface area contributed by atoms with E-state index in [4.69, 9.17) is 13.7 Å². The van der Waals surface area contributed by atoms with E-state index in [1.165, 1.54) is 39.0 Å². The lowest BCUT2D eigenvalue weighted by atomic mass is 9.76. The van der Waals surface area contributed by atoms with Crippen LogP contribution in [0.5, 0.6) is 0 Å². The number of hydrogen-bond acceptors (Lipinski definition) is 3. The van der Waals surface area contributed by atoms with E-state index >= 15 is 0 Å². The summed E-state index contributed by atoms with van der Waals surface area (Å²) >= 11 is 0. The Morgan fingerprint density at radius 1 is 0.587 bits per heavy atom. The number of allylic oxidation sites excluding steroid dienone is 4. The minimum atomic E-state index is -0.471. The Morgan fingerprint density at radius 2 is 1.22 bits per heavy atom. The SMILES string of the molecule is CC1(C)OB(c2cccc3oc4ccc(C5=CCC(c6ccc(-c7ccccc7)cc6)C=C5c5ccccc5)cc4c23)OC1(C)C. The second kappa shape index (κ2) is 11.0. The summed E-state index contributed by atoms with van der Waals surface area (Å²) in [6, 6.07) is 43.1. The lowest BCUT2D eigenvalue weighted by Crippen LogP contribution is -2.41. The molecule has 1 aromatic heterocycles. The maximum atomic E-state index is 6.50.